The van der Waals surface area contributed by atoms with Crippen LogP contribution in [-0.2, 0) is 15.1 Å². The molecule has 4 nitrogen and oxygen atoms in total. The van der Waals surface area contributed by atoms with E-state index in [4.69, 9.17) is 16.3 Å². The Hall–Kier alpha value is -1.88. The number of benzene rings is 2. The van der Waals surface area contributed by atoms with Gasteiger partial charge in [0.25, 0.3) is 0 Å². The summed E-state index contributed by atoms with van der Waals surface area (Å²) in [5.41, 5.74) is 4.57. The lowest BCUT2D eigenvalue weighted by atomic mass is 9.83. The number of alkyl halides is 1. The Morgan fingerprint density at radius 2 is 1.62 bits per heavy atom. The lowest BCUT2D eigenvalue weighted by Crippen LogP contribution is -2.44. The molecule has 0 spiro atoms. The molecule has 2 aromatic carbocycles. The van der Waals surface area contributed by atoms with E-state index in [9.17, 15) is 4.79 Å². The van der Waals surface area contributed by atoms with Gasteiger partial charge in [0.2, 0.25) is 5.91 Å². The van der Waals surface area contributed by atoms with E-state index < -0.39 is 5.60 Å². The molecular weight excluding hydrogens is 324 g/mol. The van der Waals surface area contributed by atoms with Crippen molar-refractivity contribution in [2.45, 2.75) is 12.0 Å². The van der Waals surface area contributed by atoms with Crippen LogP contribution in [0.15, 0.2) is 60.7 Å². The van der Waals surface area contributed by atoms with Crippen LogP contribution in [0.4, 0.5) is 0 Å². The topological polar surface area (TPSA) is 41.6 Å². The van der Waals surface area contributed by atoms with Crippen molar-refractivity contribution in [3.8, 4) is 0 Å². The van der Waals surface area contributed by atoms with Crippen LogP contribution in [0.25, 0.3) is 0 Å². The Bertz CT molecular complexity index is 624. The van der Waals surface area contributed by atoms with Gasteiger partial charge in [-0.05, 0) is 17.5 Å². The maximum atomic E-state index is 11.6. The minimum atomic E-state index is -0.511. The van der Waals surface area contributed by atoms with E-state index in [1.165, 1.54) is 0 Å². The number of hydrogen-bond donors (Lipinski definition) is 1. The number of hydrazine groups is 1. The summed E-state index contributed by atoms with van der Waals surface area (Å²) in [6.45, 7) is 1.84. The Morgan fingerprint density at radius 1 is 1.04 bits per heavy atom. The molecule has 1 fully saturated rings. The fourth-order valence-corrected chi connectivity index (χ4v) is 3.22. The van der Waals surface area contributed by atoms with Crippen LogP contribution >= 0.6 is 11.6 Å². The number of hydrogen-bond acceptors (Lipinski definition) is 3. The molecule has 24 heavy (non-hydrogen) atoms. The Balaban J connectivity index is 1.91. The van der Waals surface area contributed by atoms with Crippen molar-refractivity contribution in [2.75, 3.05) is 25.6 Å². The second kappa shape index (κ2) is 7.79. The van der Waals surface area contributed by atoms with Gasteiger partial charge in [-0.25, -0.2) is 5.01 Å². The fraction of sp³-hybridized carbons (Fsp3) is 0.316. The van der Waals surface area contributed by atoms with E-state index in [1.54, 1.807) is 0 Å². The number of ether oxygens (including phenoxy) is 1. The first-order valence-electron chi connectivity index (χ1n) is 8.10. The summed E-state index contributed by atoms with van der Waals surface area (Å²) in [6.07, 6.45) is 0.740. The summed E-state index contributed by atoms with van der Waals surface area (Å²) >= 11 is 5.59. The van der Waals surface area contributed by atoms with Crippen molar-refractivity contribution in [1.82, 2.24) is 10.4 Å². The number of rotatable bonds is 4. The lowest BCUT2D eigenvalue weighted by molar-refractivity contribution is -0.123. The number of nitrogens with zero attached hydrogens (tertiary/aromatic N) is 1. The third-order valence-corrected chi connectivity index (χ3v) is 4.57. The van der Waals surface area contributed by atoms with E-state index in [0.29, 0.717) is 19.7 Å². The van der Waals surface area contributed by atoms with Crippen molar-refractivity contribution < 1.29 is 9.53 Å². The molecule has 1 aliphatic heterocycles. The minimum absolute atomic E-state index is 0.0418. The lowest BCUT2D eigenvalue weighted by Gasteiger charge is -2.34. The number of carbonyl (C=O) groups is 1. The third kappa shape index (κ3) is 3.61. The van der Waals surface area contributed by atoms with Crippen molar-refractivity contribution >= 4 is 17.5 Å². The summed E-state index contributed by atoms with van der Waals surface area (Å²) in [6, 6.07) is 20.5. The van der Waals surface area contributed by atoms with Gasteiger partial charge in [0.05, 0.1) is 6.61 Å². The zero-order valence-corrected chi connectivity index (χ0v) is 14.2. The van der Waals surface area contributed by atoms with Gasteiger partial charge < -0.3 is 4.74 Å². The van der Waals surface area contributed by atoms with Gasteiger partial charge in [0, 0.05) is 13.1 Å². The molecule has 0 bridgehead atoms. The molecule has 2 aromatic rings. The average molecular weight is 345 g/mol. The normalized spacial score (nSPS) is 17.9. The molecule has 1 aliphatic rings. The third-order valence-electron chi connectivity index (χ3n) is 4.33. The quantitative estimate of drug-likeness (QED) is 0.867. The smallest absolute Gasteiger partial charge is 0.249 e. The summed E-state index contributed by atoms with van der Waals surface area (Å²) in [5.74, 6) is -0.233. The first kappa shape index (κ1) is 17.0. The Morgan fingerprint density at radius 3 is 2.17 bits per heavy atom. The van der Waals surface area contributed by atoms with Gasteiger partial charge in [-0.3, -0.25) is 10.2 Å². The van der Waals surface area contributed by atoms with Crippen LogP contribution in [0.3, 0.4) is 0 Å². The van der Waals surface area contributed by atoms with Crippen LogP contribution < -0.4 is 5.43 Å². The number of amides is 1. The summed E-state index contributed by atoms with van der Waals surface area (Å²) in [5, 5.41) is 1.89. The second-order valence-electron chi connectivity index (χ2n) is 5.81. The van der Waals surface area contributed by atoms with E-state index in [-0.39, 0.29) is 11.8 Å². The monoisotopic (exact) mass is 344 g/mol. The first-order chi connectivity index (χ1) is 11.7. The highest BCUT2D eigenvalue weighted by Gasteiger charge is 2.37. The number of nitrogens with one attached hydrogen (secondary N) is 1. The fourth-order valence-electron chi connectivity index (χ4n) is 3.16. The predicted molar refractivity (Wildman–Crippen MR) is 94.7 cm³/mol. The molecule has 1 heterocycles. The van der Waals surface area contributed by atoms with Crippen molar-refractivity contribution in [3.05, 3.63) is 71.8 Å². The number of carbonyl (C=O) groups excluding carboxylic acids is 1. The van der Waals surface area contributed by atoms with Gasteiger partial charge in [0.15, 0.2) is 0 Å². The molecule has 126 valence electrons. The average Bonchev–Trinajstić information content (AvgIpc) is 2.86. The van der Waals surface area contributed by atoms with Crippen LogP contribution in [0, 0.1) is 0 Å². The zero-order chi connectivity index (χ0) is 16.8. The molecule has 0 aliphatic carbocycles. The molecule has 1 amide bonds. The van der Waals surface area contributed by atoms with Crippen LogP contribution in [0.1, 0.15) is 17.5 Å². The van der Waals surface area contributed by atoms with Gasteiger partial charge in [-0.1, -0.05) is 60.7 Å². The minimum Gasteiger partial charge on any atom is -0.364 e. The molecule has 1 N–H and O–H groups in total. The molecule has 0 radical (unpaired) electrons. The molecular formula is C19H21ClN2O2. The van der Waals surface area contributed by atoms with Gasteiger partial charge in [-0.2, -0.15) is 0 Å². The maximum Gasteiger partial charge on any atom is 0.249 e. The Kier molecular flexibility index (Phi) is 5.51. The second-order valence-corrected chi connectivity index (χ2v) is 6.08. The van der Waals surface area contributed by atoms with E-state index >= 15 is 0 Å². The molecule has 0 atom stereocenters. The zero-order valence-electron chi connectivity index (χ0n) is 13.5. The molecule has 0 saturated carbocycles. The van der Waals surface area contributed by atoms with Gasteiger partial charge in [0.1, 0.15) is 11.5 Å². The van der Waals surface area contributed by atoms with E-state index in [1.807, 2.05) is 41.4 Å². The predicted octanol–water partition coefficient (Wildman–Crippen LogP) is 2.92. The molecule has 1 saturated heterocycles. The van der Waals surface area contributed by atoms with Crippen molar-refractivity contribution in [1.29, 1.82) is 0 Å². The number of halogens is 1. The standard InChI is InChI=1S/C19H21ClN2O2/c20-15-18(23)21-22-12-11-19(24-14-13-22,16-7-3-1-4-8-16)17-9-5-2-6-10-17/h1-10H,11-15H2,(H,21,23). The highest BCUT2D eigenvalue weighted by Crippen LogP contribution is 2.38. The SMILES string of the molecule is O=C(CCl)NN1CCOC(c2ccccc2)(c2ccccc2)CC1. The van der Waals surface area contributed by atoms with Gasteiger partial charge in [-0.15, -0.1) is 11.6 Å². The highest BCUT2D eigenvalue weighted by molar-refractivity contribution is 6.27. The molecule has 3 rings (SSSR count). The molecule has 0 aromatic heterocycles. The first-order valence-corrected chi connectivity index (χ1v) is 8.63. The van der Waals surface area contributed by atoms with E-state index in [0.717, 1.165) is 17.5 Å². The van der Waals surface area contributed by atoms with Crippen LogP contribution in [-0.4, -0.2) is 36.5 Å². The molecule has 5 heteroatoms. The van der Waals surface area contributed by atoms with Crippen molar-refractivity contribution in [2.24, 2.45) is 0 Å². The highest BCUT2D eigenvalue weighted by atomic mass is 35.5. The van der Waals surface area contributed by atoms with Crippen molar-refractivity contribution in [3.63, 3.8) is 0 Å². The Labute approximate surface area is 147 Å². The summed E-state index contributed by atoms with van der Waals surface area (Å²) in [7, 11) is 0. The largest absolute Gasteiger partial charge is 0.364 e. The van der Waals surface area contributed by atoms with Crippen LogP contribution in [0.5, 0.6) is 0 Å². The molecule has 0 unspecified atom stereocenters. The van der Waals surface area contributed by atoms with Crippen LogP contribution in [0.2, 0.25) is 0 Å². The van der Waals surface area contributed by atoms with Gasteiger partial charge >= 0.3 is 0 Å². The summed E-state index contributed by atoms with van der Waals surface area (Å²) in [4.78, 5) is 11.6. The summed E-state index contributed by atoms with van der Waals surface area (Å²) < 4.78 is 6.38. The maximum absolute atomic E-state index is 11.6. The van der Waals surface area contributed by atoms with E-state index in [2.05, 4.69) is 29.7 Å².